The average molecular weight is 369 g/mol. The first-order valence-electron chi connectivity index (χ1n) is 8.19. The lowest BCUT2D eigenvalue weighted by Gasteiger charge is -2.19. The maximum atomic E-state index is 13.8. The maximum Gasteiger partial charge on any atom is 0.262 e. The number of halogens is 3. The fourth-order valence-electron chi connectivity index (χ4n) is 2.59. The molecule has 0 spiro atoms. The highest BCUT2D eigenvalue weighted by molar-refractivity contribution is 5.95. The first-order chi connectivity index (χ1) is 12.2. The zero-order valence-electron chi connectivity index (χ0n) is 15.1. The van der Waals surface area contributed by atoms with E-state index in [1.165, 1.54) is 25.4 Å². The Morgan fingerprint density at radius 1 is 1.35 bits per heavy atom. The van der Waals surface area contributed by atoms with Crippen LogP contribution in [0, 0.1) is 18.7 Å². The lowest BCUT2D eigenvalue weighted by Crippen LogP contribution is -2.33. The molecule has 0 saturated heterocycles. The second kappa shape index (κ2) is 8.25. The van der Waals surface area contributed by atoms with Gasteiger partial charge in [-0.2, -0.15) is 5.10 Å². The second-order valence-corrected chi connectivity index (χ2v) is 6.40. The molecule has 1 aromatic heterocycles. The van der Waals surface area contributed by atoms with Crippen molar-refractivity contribution in [1.82, 2.24) is 15.1 Å². The normalized spacial score (nSPS) is 12.5. The van der Waals surface area contributed by atoms with Crippen molar-refractivity contribution in [1.29, 1.82) is 0 Å². The van der Waals surface area contributed by atoms with Gasteiger partial charge in [0.25, 0.3) is 12.3 Å². The van der Waals surface area contributed by atoms with Gasteiger partial charge in [0.1, 0.15) is 6.04 Å². The van der Waals surface area contributed by atoms with Gasteiger partial charge in [-0.05, 0) is 30.5 Å². The molecular formula is C18H22F3N3O2. The fourth-order valence-corrected chi connectivity index (χ4v) is 2.59. The minimum absolute atomic E-state index is 0.0427. The van der Waals surface area contributed by atoms with Crippen molar-refractivity contribution in [3.05, 3.63) is 47.0 Å². The number of alkyl halides is 2. The molecule has 0 aliphatic rings. The van der Waals surface area contributed by atoms with E-state index in [1.807, 2.05) is 13.8 Å². The number of hydrogen-bond acceptors (Lipinski definition) is 3. The summed E-state index contributed by atoms with van der Waals surface area (Å²) in [6.45, 7) is 6.33. The number of hydrogen-bond donors (Lipinski definition) is 1. The van der Waals surface area contributed by atoms with E-state index in [-0.39, 0.29) is 16.9 Å². The molecule has 0 bridgehead atoms. The molecule has 5 nitrogen and oxygen atoms in total. The Kier molecular flexibility index (Phi) is 6.28. The Morgan fingerprint density at radius 3 is 2.58 bits per heavy atom. The Balaban J connectivity index is 2.24. The standard InChI is InChI=1S/C18H22F3N3O2/c1-10(2)9-24-11(3)13(8-22-24)18(25)23-16(17(20)21)12-5-6-15(26-4)14(19)7-12/h5-8,10,16-17H,9H2,1-4H3,(H,23,25)/t16-/m0/s1. The van der Waals surface area contributed by atoms with Crippen LogP contribution in [0.2, 0.25) is 0 Å². The van der Waals surface area contributed by atoms with Crippen molar-refractivity contribution >= 4 is 5.91 Å². The molecule has 0 saturated carbocycles. The lowest BCUT2D eigenvalue weighted by atomic mass is 10.1. The summed E-state index contributed by atoms with van der Waals surface area (Å²) in [6, 6.07) is 1.84. The molecule has 2 aromatic rings. The van der Waals surface area contributed by atoms with E-state index in [9.17, 15) is 18.0 Å². The van der Waals surface area contributed by atoms with Crippen molar-refractivity contribution in [3.63, 3.8) is 0 Å². The maximum absolute atomic E-state index is 13.8. The highest BCUT2D eigenvalue weighted by Crippen LogP contribution is 2.26. The molecule has 1 aromatic carbocycles. The first-order valence-corrected chi connectivity index (χ1v) is 8.19. The second-order valence-electron chi connectivity index (χ2n) is 6.40. The molecule has 26 heavy (non-hydrogen) atoms. The first kappa shape index (κ1) is 19.8. The number of methoxy groups -OCH3 is 1. The summed E-state index contributed by atoms with van der Waals surface area (Å²) in [5, 5.41) is 6.40. The summed E-state index contributed by atoms with van der Waals surface area (Å²) in [4.78, 5) is 12.4. The van der Waals surface area contributed by atoms with Crippen LogP contribution in [0.5, 0.6) is 5.75 Å². The molecule has 0 radical (unpaired) electrons. The number of aromatic nitrogens is 2. The van der Waals surface area contributed by atoms with E-state index in [2.05, 4.69) is 10.4 Å². The van der Waals surface area contributed by atoms with Crippen LogP contribution in [0.3, 0.4) is 0 Å². The van der Waals surface area contributed by atoms with Crippen LogP contribution in [-0.2, 0) is 6.54 Å². The molecule has 1 amide bonds. The Labute approximate surface area is 150 Å². The van der Waals surface area contributed by atoms with Crippen molar-refractivity contribution in [2.24, 2.45) is 5.92 Å². The van der Waals surface area contributed by atoms with Gasteiger partial charge in [-0.25, -0.2) is 13.2 Å². The third-order valence-electron chi connectivity index (χ3n) is 3.96. The lowest BCUT2D eigenvalue weighted by molar-refractivity contribution is 0.0742. The van der Waals surface area contributed by atoms with Crippen LogP contribution >= 0.6 is 0 Å². The minimum atomic E-state index is -2.90. The van der Waals surface area contributed by atoms with Crippen molar-refractivity contribution in [3.8, 4) is 5.75 Å². The predicted octanol–water partition coefficient (Wildman–Crippen LogP) is 3.73. The van der Waals surface area contributed by atoms with Gasteiger partial charge >= 0.3 is 0 Å². The van der Waals surface area contributed by atoms with Crippen molar-refractivity contribution in [2.45, 2.75) is 39.8 Å². The number of ether oxygens (including phenoxy) is 1. The predicted molar refractivity (Wildman–Crippen MR) is 91.0 cm³/mol. The van der Waals surface area contributed by atoms with Gasteiger partial charge < -0.3 is 10.1 Å². The summed E-state index contributed by atoms with van der Waals surface area (Å²) in [7, 11) is 1.28. The topological polar surface area (TPSA) is 56.1 Å². The number of amides is 1. The summed E-state index contributed by atoms with van der Waals surface area (Å²) in [6.07, 6.45) is -1.55. The molecule has 0 unspecified atom stereocenters. The van der Waals surface area contributed by atoms with E-state index in [0.29, 0.717) is 18.2 Å². The monoisotopic (exact) mass is 369 g/mol. The van der Waals surface area contributed by atoms with Crippen LogP contribution in [0.25, 0.3) is 0 Å². The van der Waals surface area contributed by atoms with Crippen LogP contribution in [0.4, 0.5) is 13.2 Å². The summed E-state index contributed by atoms with van der Waals surface area (Å²) in [5.41, 5.74) is 0.759. The van der Waals surface area contributed by atoms with Gasteiger partial charge in [-0.15, -0.1) is 0 Å². The van der Waals surface area contributed by atoms with Crippen LogP contribution in [0.1, 0.15) is 41.5 Å². The molecule has 0 fully saturated rings. The Morgan fingerprint density at radius 2 is 2.04 bits per heavy atom. The highest BCUT2D eigenvalue weighted by Gasteiger charge is 2.27. The number of carbonyl (C=O) groups excluding carboxylic acids is 1. The summed E-state index contributed by atoms with van der Waals surface area (Å²) < 4.78 is 47.2. The van der Waals surface area contributed by atoms with Crippen molar-refractivity contribution < 1.29 is 22.7 Å². The average Bonchev–Trinajstić information content (AvgIpc) is 2.92. The van der Waals surface area contributed by atoms with E-state index in [1.54, 1.807) is 11.6 Å². The van der Waals surface area contributed by atoms with Crippen LogP contribution < -0.4 is 10.1 Å². The fraction of sp³-hybridized carbons (Fsp3) is 0.444. The molecule has 1 N–H and O–H groups in total. The quantitative estimate of drug-likeness (QED) is 0.809. The van der Waals surface area contributed by atoms with Gasteiger partial charge in [0.15, 0.2) is 11.6 Å². The van der Waals surface area contributed by atoms with Gasteiger partial charge in [-0.3, -0.25) is 9.48 Å². The number of nitrogens with zero attached hydrogens (tertiary/aromatic N) is 2. The molecule has 142 valence electrons. The van der Waals surface area contributed by atoms with E-state index >= 15 is 0 Å². The Bertz CT molecular complexity index is 775. The third kappa shape index (κ3) is 4.36. The van der Waals surface area contributed by atoms with E-state index < -0.39 is 24.2 Å². The van der Waals surface area contributed by atoms with Gasteiger partial charge in [0.2, 0.25) is 0 Å². The molecule has 1 atom stereocenters. The summed E-state index contributed by atoms with van der Waals surface area (Å²) >= 11 is 0. The van der Waals surface area contributed by atoms with Gasteiger partial charge in [-0.1, -0.05) is 19.9 Å². The Hall–Kier alpha value is -2.51. The van der Waals surface area contributed by atoms with Crippen LogP contribution in [-0.4, -0.2) is 29.2 Å². The number of nitrogens with one attached hydrogen (secondary N) is 1. The van der Waals surface area contributed by atoms with E-state index in [4.69, 9.17) is 4.74 Å². The zero-order valence-corrected chi connectivity index (χ0v) is 15.1. The minimum Gasteiger partial charge on any atom is -0.494 e. The van der Waals surface area contributed by atoms with Crippen LogP contribution in [0.15, 0.2) is 24.4 Å². The van der Waals surface area contributed by atoms with Gasteiger partial charge in [0.05, 0.1) is 18.9 Å². The van der Waals surface area contributed by atoms with Gasteiger partial charge in [0, 0.05) is 12.2 Å². The molecule has 0 aliphatic heterocycles. The molecular weight excluding hydrogens is 347 g/mol. The highest BCUT2D eigenvalue weighted by atomic mass is 19.3. The molecule has 2 rings (SSSR count). The summed E-state index contributed by atoms with van der Waals surface area (Å²) in [5.74, 6) is -1.19. The smallest absolute Gasteiger partial charge is 0.262 e. The number of rotatable bonds is 7. The number of carbonyl (C=O) groups is 1. The zero-order chi connectivity index (χ0) is 19.4. The van der Waals surface area contributed by atoms with E-state index in [0.717, 1.165) is 6.07 Å². The third-order valence-corrected chi connectivity index (χ3v) is 3.96. The number of benzene rings is 1. The molecule has 8 heteroatoms. The van der Waals surface area contributed by atoms with Crippen molar-refractivity contribution in [2.75, 3.05) is 7.11 Å². The SMILES string of the molecule is COc1ccc([C@H](NC(=O)c2cnn(CC(C)C)c2C)C(F)F)cc1F. The molecule has 1 heterocycles. The largest absolute Gasteiger partial charge is 0.494 e. The molecule has 0 aliphatic carbocycles.